The molecule has 2 N–H and O–H groups in total. The average Bonchev–Trinajstić information content (AvgIpc) is 2.72. The van der Waals surface area contributed by atoms with E-state index < -0.39 is 0 Å². The molecule has 5 nitrogen and oxygen atoms in total. The molecule has 2 rings (SSSR count). The van der Waals surface area contributed by atoms with Gasteiger partial charge in [-0.25, -0.2) is 4.98 Å². The molecule has 0 bridgehead atoms. The summed E-state index contributed by atoms with van der Waals surface area (Å²) >= 11 is 0. The lowest BCUT2D eigenvalue weighted by molar-refractivity contribution is 0.735. The average molecular weight is 219 g/mol. The van der Waals surface area contributed by atoms with Crippen LogP contribution in [-0.4, -0.2) is 34.2 Å². The highest BCUT2D eigenvalue weighted by Gasteiger charge is 2.02. The summed E-state index contributed by atoms with van der Waals surface area (Å²) in [5, 5.41) is 10.8. The van der Waals surface area contributed by atoms with Crippen molar-refractivity contribution in [3.8, 4) is 0 Å². The first-order valence-electron chi connectivity index (χ1n) is 5.56. The molecule has 0 amide bonds. The lowest BCUT2D eigenvalue weighted by Crippen LogP contribution is -2.22. The van der Waals surface area contributed by atoms with Crippen LogP contribution < -0.4 is 10.6 Å². The van der Waals surface area contributed by atoms with E-state index in [2.05, 4.69) is 40.6 Å². The lowest BCUT2D eigenvalue weighted by Gasteiger charge is -2.09. The molecule has 0 atom stereocenters. The van der Waals surface area contributed by atoms with Crippen molar-refractivity contribution < 1.29 is 0 Å². The fourth-order valence-corrected chi connectivity index (χ4v) is 1.64. The van der Waals surface area contributed by atoms with Gasteiger partial charge in [-0.1, -0.05) is 6.92 Å². The summed E-state index contributed by atoms with van der Waals surface area (Å²) in [6, 6.07) is 4.09. The van der Waals surface area contributed by atoms with Crippen molar-refractivity contribution >= 4 is 11.5 Å². The van der Waals surface area contributed by atoms with Crippen molar-refractivity contribution in [3.05, 3.63) is 24.0 Å². The number of hydrogen-bond donors (Lipinski definition) is 2. The molecule has 0 spiro atoms. The predicted octanol–water partition coefficient (Wildman–Crippen LogP) is 1.06. The van der Waals surface area contributed by atoms with Gasteiger partial charge in [0.1, 0.15) is 12.1 Å². The van der Waals surface area contributed by atoms with Gasteiger partial charge >= 0.3 is 0 Å². The van der Waals surface area contributed by atoms with Gasteiger partial charge in [-0.2, -0.15) is 9.61 Å². The van der Waals surface area contributed by atoms with E-state index in [4.69, 9.17) is 0 Å². The Morgan fingerprint density at radius 2 is 2.19 bits per heavy atom. The first-order valence-corrected chi connectivity index (χ1v) is 5.56. The Kier molecular flexibility index (Phi) is 3.36. The number of nitrogens with zero attached hydrogens (tertiary/aromatic N) is 3. The van der Waals surface area contributed by atoms with E-state index in [1.165, 1.54) is 5.56 Å². The van der Waals surface area contributed by atoms with E-state index >= 15 is 0 Å². The number of likely N-dealkylation sites (N-methyl/N-ethyl adjacent to an activating group) is 1. The van der Waals surface area contributed by atoms with Crippen LogP contribution in [0.2, 0.25) is 0 Å². The maximum absolute atomic E-state index is 4.18. The van der Waals surface area contributed by atoms with Gasteiger partial charge in [0, 0.05) is 13.1 Å². The van der Waals surface area contributed by atoms with E-state index in [-0.39, 0.29) is 0 Å². The summed E-state index contributed by atoms with van der Waals surface area (Å²) in [6.45, 7) is 6.98. The van der Waals surface area contributed by atoms with Gasteiger partial charge < -0.3 is 10.6 Å². The quantitative estimate of drug-likeness (QED) is 0.738. The van der Waals surface area contributed by atoms with Crippen molar-refractivity contribution in [3.63, 3.8) is 0 Å². The van der Waals surface area contributed by atoms with Crippen LogP contribution in [0.15, 0.2) is 18.5 Å². The summed E-state index contributed by atoms with van der Waals surface area (Å²) in [5.74, 6) is 0.991. The van der Waals surface area contributed by atoms with Crippen LogP contribution >= 0.6 is 0 Å². The van der Waals surface area contributed by atoms with Crippen molar-refractivity contribution in [2.24, 2.45) is 0 Å². The highest BCUT2D eigenvalue weighted by molar-refractivity contribution is 5.51. The topological polar surface area (TPSA) is 54.2 Å². The standard InChI is InChI=1S/C11H17N5/c1-3-12-4-5-13-10-6-9(2)7-11-14-8-15-16(10)11/h6-8,12-13H,3-5H2,1-2H3. The number of hydrogen-bond acceptors (Lipinski definition) is 4. The summed E-state index contributed by atoms with van der Waals surface area (Å²) in [6.07, 6.45) is 1.57. The van der Waals surface area contributed by atoms with Crippen molar-refractivity contribution in [2.45, 2.75) is 13.8 Å². The van der Waals surface area contributed by atoms with E-state index in [0.29, 0.717) is 0 Å². The third-order valence-corrected chi connectivity index (χ3v) is 2.38. The van der Waals surface area contributed by atoms with Gasteiger partial charge in [0.25, 0.3) is 0 Å². The van der Waals surface area contributed by atoms with Gasteiger partial charge in [-0.05, 0) is 31.2 Å². The second-order valence-electron chi connectivity index (χ2n) is 3.73. The Morgan fingerprint density at radius 1 is 1.31 bits per heavy atom. The molecule has 2 aromatic heterocycles. The minimum atomic E-state index is 0.881. The maximum Gasteiger partial charge on any atom is 0.157 e. The van der Waals surface area contributed by atoms with E-state index in [0.717, 1.165) is 31.1 Å². The van der Waals surface area contributed by atoms with Gasteiger partial charge in [0.15, 0.2) is 5.65 Å². The first kappa shape index (κ1) is 10.9. The molecule has 86 valence electrons. The number of anilines is 1. The Balaban J connectivity index is 2.12. The molecule has 5 heteroatoms. The van der Waals surface area contributed by atoms with Crippen molar-refractivity contribution in [1.82, 2.24) is 19.9 Å². The highest BCUT2D eigenvalue weighted by Crippen LogP contribution is 2.12. The largest absolute Gasteiger partial charge is 0.369 e. The Morgan fingerprint density at radius 3 is 3.00 bits per heavy atom. The molecule has 0 aliphatic rings. The molecule has 2 heterocycles. The minimum Gasteiger partial charge on any atom is -0.369 e. The molecule has 0 aliphatic heterocycles. The van der Waals surface area contributed by atoms with Crippen LogP contribution in [0.5, 0.6) is 0 Å². The fourth-order valence-electron chi connectivity index (χ4n) is 1.64. The number of fused-ring (bicyclic) bond motifs is 1. The number of aryl methyl sites for hydroxylation is 1. The molecule has 0 radical (unpaired) electrons. The molecule has 0 saturated heterocycles. The Labute approximate surface area is 94.9 Å². The zero-order valence-corrected chi connectivity index (χ0v) is 9.70. The van der Waals surface area contributed by atoms with Crippen LogP contribution in [0.4, 0.5) is 5.82 Å². The summed E-state index contributed by atoms with van der Waals surface area (Å²) < 4.78 is 1.82. The second-order valence-corrected chi connectivity index (χ2v) is 3.73. The van der Waals surface area contributed by atoms with E-state index in [9.17, 15) is 0 Å². The van der Waals surface area contributed by atoms with Gasteiger partial charge in [-0.3, -0.25) is 0 Å². The number of aromatic nitrogens is 3. The van der Waals surface area contributed by atoms with Crippen LogP contribution in [0.25, 0.3) is 5.65 Å². The Bertz CT molecular complexity index is 462. The molecule has 0 aliphatic carbocycles. The first-order chi connectivity index (χ1) is 7.81. The van der Waals surface area contributed by atoms with Crippen molar-refractivity contribution in [2.75, 3.05) is 25.0 Å². The Hall–Kier alpha value is -1.62. The molecule has 0 fully saturated rings. The smallest absolute Gasteiger partial charge is 0.157 e. The number of pyridine rings is 1. The molecule has 2 aromatic rings. The predicted molar refractivity (Wildman–Crippen MR) is 64.8 cm³/mol. The summed E-state index contributed by atoms with van der Waals surface area (Å²) in [5.41, 5.74) is 2.07. The second kappa shape index (κ2) is 4.94. The third-order valence-electron chi connectivity index (χ3n) is 2.38. The number of nitrogens with one attached hydrogen (secondary N) is 2. The van der Waals surface area contributed by atoms with Gasteiger partial charge in [-0.15, -0.1) is 0 Å². The third kappa shape index (κ3) is 2.30. The minimum absolute atomic E-state index is 0.881. The molecular formula is C11H17N5. The monoisotopic (exact) mass is 219 g/mol. The molecule has 0 saturated carbocycles. The SMILES string of the molecule is CCNCCNc1cc(C)cc2ncnn12. The van der Waals surface area contributed by atoms with Crippen LogP contribution in [-0.2, 0) is 0 Å². The lowest BCUT2D eigenvalue weighted by atomic mass is 10.3. The molecule has 0 unspecified atom stereocenters. The maximum atomic E-state index is 4.18. The molecule has 0 aromatic carbocycles. The van der Waals surface area contributed by atoms with Crippen molar-refractivity contribution in [1.29, 1.82) is 0 Å². The zero-order valence-electron chi connectivity index (χ0n) is 9.70. The molecular weight excluding hydrogens is 202 g/mol. The zero-order chi connectivity index (χ0) is 11.4. The summed E-state index contributed by atoms with van der Waals surface area (Å²) in [4.78, 5) is 4.18. The number of rotatable bonds is 5. The normalized spacial score (nSPS) is 10.9. The summed E-state index contributed by atoms with van der Waals surface area (Å²) in [7, 11) is 0. The van der Waals surface area contributed by atoms with Gasteiger partial charge in [0.2, 0.25) is 0 Å². The van der Waals surface area contributed by atoms with Crippen LogP contribution in [0.3, 0.4) is 0 Å². The van der Waals surface area contributed by atoms with Crippen LogP contribution in [0, 0.1) is 6.92 Å². The van der Waals surface area contributed by atoms with Crippen LogP contribution in [0.1, 0.15) is 12.5 Å². The fraction of sp³-hybridized carbons (Fsp3) is 0.455. The highest BCUT2D eigenvalue weighted by atomic mass is 15.3. The van der Waals surface area contributed by atoms with E-state index in [1.54, 1.807) is 6.33 Å². The van der Waals surface area contributed by atoms with E-state index in [1.807, 2.05) is 10.6 Å². The molecule has 16 heavy (non-hydrogen) atoms. The van der Waals surface area contributed by atoms with Gasteiger partial charge in [0.05, 0.1) is 0 Å².